The van der Waals surface area contributed by atoms with Gasteiger partial charge in [-0.25, -0.2) is 4.79 Å². The van der Waals surface area contributed by atoms with Crippen molar-refractivity contribution in [2.45, 2.75) is 0 Å². The molecule has 0 spiro atoms. The number of carboxylic acids is 1. The smallest absolute Gasteiger partial charge is 0.339 e. The van der Waals surface area contributed by atoms with Gasteiger partial charge in [-0.15, -0.1) is 0 Å². The van der Waals surface area contributed by atoms with Crippen LogP contribution < -0.4 is 21.4 Å². The van der Waals surface area contributed by atoms with E-state index in [1.165, 1.54) is 0 Å². The molecule has 0 fully saturated rings. The number of hydrogen-bond donors (Lipinski definition) is 5. The van der Waals surface area contributed by atoms with Crippen LogP contribution >= 0.6 is 0 Å². The van der Waals surface area contributed by atoms with Crippen LogP contribution in [0, 0.1) is 0 Å². The van der Waals surface area contributed by atoms with Crippen molar-refractivity contribution >= 4 is 29.3 Å². The average Bonchev–Trinajstić information content (AvgIpc) is 3.60. The molecule has 0 radical (unpaired) electrons. The number of aliphatic carboxylic acids is 1. The van der Waals surface area contributed by atoms with Gasteiger partial charge in [-0.2, -0.15) is 0 Å². The molecule has 8 bridgehead atoms. The first-order valence-corrected chi connectivity index (χ1v) is 10.6. The normalized spacial score (nSPS) is 12.8. The number of H-pyrrole nitrogens is 4. The van der Waals surface area contributed by atoms with Gasteiger partial charge < -0.3 is 25.0 Å². The molecule has 5 aromatic rings. The fourth-order valence-corrected chi connectivity index (χ4v) is 4.34. The number of carboxylic acid groups (broad SMARTS) is 1. The second kappa shape index (κ2) is 7.46. The van der Waals surface area contributed by atoms with Crippen LogP contribution in [0.25, 0.3) is 23.3 Å². The molecule has 1 aliphatic heterocycles. The molecule has 6 nitrogen and oxygen atoms in total. The molecular weight excluding hydrogens is 412 g/mol. The first kappa shape index (κ1) is 19.0. The number of aromatic amines is 4. The van der Waals surface area contributed by atoms with E-state index in [0.29, 0.717) is 11.0 Å². The molecular formula is C27H20N4O2. The summed E-state index contributed by atoms with van der Waals surface area (Å²) in [6, 6.07) is 25.6. The van der Waals surface area contributed by atoms with Gasteiger partial charge in [-0.05, 0) is 66.2 Å². The molecule has 160 valence electrons. The van der Waals surface area contributed by atoms with Crippen LogP contribution in [0.1, 0.15) is 28.3 Å². The summed E-state index contributed by atoms with van der Waals surface area (Å²) in [4.78, 5) is 25.7. The van der Waals surface area contributed by atoms with Gasteiger partial charge in [-0.1, -0.05) is 30.3 Å². The zero-order valence-corrected chi connectivity index (χ0v) is 17.5. The molecule has 0 saturated carbocycles. The lowest BCUT2D eigenvalue weighted by atomic mass is 10.0. The number of benzene rings is 1. The van der Waals surface area contributed by atoms with E-state index in [4.69, 9.17) is 0 Å². The van der Waals surface area contributed by atoms with Crippen molar-refractivity contribution < 1.29 is 9.90 Å². The van der Waals surface area contributed by atoms with Crippen molar-refractivity contribution in [2.24, 2.45) is 0 Å². The van der Waals surface area contributed by atoms with Crippen LogP contribution in [-0.4, -0.2) is 31.0 Å². The van der Waals surface area contributed by atoms with Gasteiger partial charge in [0.15, 0.2) is 0 Å². The second-order valence-corrected chi connectivity index (χ2v) is 8.02. The number of rotatable bonds is 2. The standard InChI is InChI=1S/C27H20N4O2/c32-27(33)26-23-11-9-20(30-23)15-18-7-6-17(28-18)14-19-8-10-21(29-19)25(16-4-2-1-3-5-16)22-12-13-24(26)31-22/h1-15,28-31H,(H,32,33). The Morgan fingerprint density at radius 1 is 0.606 bits per heavy atom. The number of hydrogen-bond acceptors (Lipinski definition) is 1. The molecule has 0 atom stereocenters. The SMILES string of the molecule is O=C(O)C1=c2ccc([nH]2)=C(c2ccccc2)c2ccc([nH]2)C=c2ccc([nH]2)=Cc2ccc1[nH]2. The van der Waals surface area contributed by atoms with Crippen molar-refractivity contribution in [3.8, 4) is 0 Å². The Bertz CT molecular complexity index is 1740. The Morgan fingerprint density at radius 3 is 1.94 bits per heavy atom. The van der Waals surface area contributed by atoms with E-state index in [-0.39, 0.29) is 5.57 Å². The predicted octanol–water partition coefficient (Wildman–Crippen LogP) is 1.50. The first-order valence-electron chi connectivity index (χ1n) is 10.6. The van der Waals surface area contributed by atoms with Crippen molar-refractivity contribution in [2.75, 3.05) is 0 Å². The minimum atomic E-state index is -1.00. The van der Waals surface area contributed by atoms with Gasteiger partial charge in [-0.3, -0.25) is 0 Å². The largest absolute Gasteiger partial charge is 0.478 e. The van der Waals surface area contributed by atoms with E-state index in [1.807, 2.05) is 78.9 Å². The lowest BCUT2D eigenvalue weighted by molar-refractivity contribution is -0.130. The van der Waals surface area contributed by atoms with E-state index in [0.717, 1.165) is 44.3 Å². The van der Waals surface area contributed by atoms with Crippen molar-refractivity contribution in [1.82, 2.24) is 19.9 Å². The van der Waals surface area contributed by atoms with Crippen LogP contribution in [0.2, 0.25) is 0 Å². The molecule has 5 heterocycles. The van der Waals surface area contributed by atoms with Crippen LogP contribution in [0.3, 0.4) is 0 Å². The fourth-order valence-electron chi connectivity index (χ4n) is 4.34. The highest BCUT2D eigenvalue weighted by Crippen LogP contribution is 2.20. The quantitative estimate of drug-likeness (QED) is 0.292. The van der Waals surface area contributed by atoms with Gasteiger partial charge >= 0.3 is 5.97 Å². The summed E-state index contributed by atoms with van der Waals surface area (Å²) >= 11 is 0. The average molecular weight is 432 g/mol. The van der Waals surface area contributed by atoms with Crippen LogP contribution in [0.15, 0.2) is 78.9 Å². The van der Waals surface area contributed by atoms with E-state index in [9.17, 15) is 9.90 Å². The Morgan fingerprint density at radius 2 is 1.24 bits per heavy atom. The van der Waals surface area contributed by atoms with Crippen molar-refractivity contribution in [1.29, 1.82) is 0 Å². The molecule has 1 aromatic carbocycles. The minimum Gasteiger partial charge on any atom is -0.478 e. The van der Waals surface area contributed by atoms with Crippen molar-refractivity contribution in [3.63, 3.8) is 0 Å². The summed E-state index contributed by atoms with van der Waals surface area (Å²) in [7, 11) is 0. The van der Waals surface area contributed by atoms with Gasteiger partial charge in [0.05, 0.1) is 11.0 Å². The topological polar surface area (TPSA) is 100 Å². The molecule has 0 saturated heterocycles. The van der Waals surface area contributed by atoms with E-state index < -0.39 is 5.97 Å². The number of aromatic nitrogens is 4. The molecule has 1 aliphatic rings. The highest BCUT2D eigenvalue weighted by molar-refractivity contribution is 6.14. The molecule has 0 amide bonds. The molecule has 0 unspecified atom stereocenters. The Hall–Kier alpha value is -4.71. The minimum absolute atomic E-state index is 0.188. The summed E-state index contributed by atoms with van der Waals surface area (Å²) in [5.74, 6) is -1.00. The summed E-state index contributed by atoms with van der Waals surface area (Å²) in [5.41, 5.74) is 5.43. The lowest BCUT2D eigenvalue weighted by Gasteiger charge is -2.05. The van der Waals surface area contributed by atoms with Crippen LogP contribution in [0.4, 0.5) is 0 Å². The highest BCUT2D eigenvalue weighted by atomic mass is 16.4. The summed E-state index contributed by atoms with van der Waals surface area (Å²) < 4.78 is 0. The van der Waals surface area contributed by atoms with E-state index in [1.54, 1.807) is 6.07 Å². The second-order valence-electron chi connectivity index (χ2n) is 8.02. The maximum atomic E-state index is 12.2. The van der Waals surface area contributed by atoms with Crippen LogP contribution in [-0.2, 0) is 4.79 Å². The number of carbonyl (C=O) groups is 1. The van der Waals surface area contributed by atoms with Gasteiger partial charge in [0.1, 0.15) is 5.57 Å². The molecule has 33 heavy (non-hydrogen) atoms. The van der Waals surface area contributed by atoms with Crippen LogP contribution in [0.5, 0.6) is 0 Å². The third-order valence-electron chi connectivity index (χ3n) is 5.81. The zero-order chi connectivity index (χ0) is 22.4. The highest BCUT2D eigenvalue weighted by Gasteiger charge is 2.15. The maximum absolute atomic E-state index is 12.2. The van der Waals surface area contributed by atoms with E-state index >= 15 is 0 Å². The number of nitrogens with one attached hydrogen (secondary N) is 4. The summed E-state index contributed by atoms with van der Waals surface area (Å²) in [5, 5.41) is 13.3. The van der Waals surface area contributed by atoms with Gasteiger partial charge in [0.2, 0.25) is 0 Å². The first-order chi connectivity index (χ1) is 16.1. The monoisotopic (exact) mass is 432 g/mol. The molecule has 4 aromatic heterocycles. The predicted molar refractivity (Wildman–Crippen MR) is 127 cm³/mol. The molecule has 5 N–H and O–H groups in total. The Kier molecular flexibility index (Phi) is 4.30. The fraction of sp³-hybridized carbons (Fsp3) is 0. The Balaban J connectivity index is 1.74. The third kappa shape index (κ3) is 3.43. The van der Waals surface area contributed by atoms with E-state index in [2.05, 4.69) is 26.0 Å². The molecule has 0 aliphatic carbocycles. The summed E-state index contributed by atoms with van der Waals surface area (Å²) in [6.45, 7) is 0. The zero-order valence-electron chi connectivity index (χ0n) is 17.5. The van der Waals surface area contributed by atoms with Crippen molar-refractivity contribution in [3.05, 3.63) is 129 Å². The Labute approximate surface area is 188 Å². The number of fused-ring (bicyclic) bond motifs is 8. The molecule has 6 heteroatoms. The summed E-state index contributed by atoms with van der Waals surface area (Å²) in [6.07, 6.45) is 4.01. The molecule has 6 rings (SSSR count). The van der Waals surface area contributed by atoms with Gasteiger partial charge in [0.25, 0.3) is 0 Å². The third-order valence-corrected chi connectivity index (χ3v) is 5.81. The van der Waals surface area contributed by atoms with Gasteiger partial charge in [0, 0.05) is 38.7 Å². The maximum Gasteiger partial charge on any atom is 0.339 e. The lowest BCUT2D eigenvalue weighted by Crippen LogP contribution is -2.20.